The molecule has 0 bridgehead atoms. The number of phenolic OH excluding ortho intramolecular Hbond substituents is 2. The van der Waals surface area contributed by atoms with Crippen molar-refractivity contribution in [3.8, 4) is 17.2 Å². The molecule has 2 aromatic carbocycles. The molecule has 0 spiro atoms. The molecule has 0 aliphatic rings. The fraction of sp³-hybridized carbons (Fsp3) is 0.250. The Morgan fingerprint density at radius 1 is 1.04 bits per heavy atom. The SMILES string of the molecule is C=C(C)C(=O)OCCCCOc1ccc(N=Nc2ccc(O)cc2O)cc1. The summed E-state index contributed by atoms with van der Waals surface area (Å²) in [4.78, 5) is 11.2. The number of phenols is 2. The first-order chi connectivity index (χ1) is 13.0. The van der Waals surface area contributed by atoms with Gasteiger partial charge in [0.15, 0.2) is 0 Å². The lowest BCUT2D eigenvalue weighted by molar-refractivity contribution is -0.139. The van der Waals surface area contributed by atoms with Gasteiger partial charge in [-0.15, -0.1) is 5.11 Å². The Morgan fingerprint density at radius 2 is 1.74 bits per heavy atom. The standard InChI is InChI=1S/C20H22N2O5/c1-14(2)20(25)27-12-4-3-11-26-17-8-5-15(6-9-17)21-22-18-10-7-16(23)13-19(18)24/h5-10,13,23-24H,1,3-4,11-12H2,2H3. The van der Waals surface area contributed by atoms with Gasteiger partial charge < -0.3 is 19.7 Å². The van der Waals surface area contributed by atoms with E-state index in [4.69, 9.17) is 9.47 Å². The van der Waals surface area contributed by atoms with Crippen molar-refractivity contribution in [2.24, 2.45) is 10.2 Å². The molecule has 0 amide bonds. The molecule has 2 aromatic rings. The highest BCUT2D eigenvalue weighted by molar-refractivity contribution is 5.86. The highest BCUT2D eigenvalue weighted by atomic mass is 16.5. The van der Waals surface area contributed by atoms with Crippen LogP contribution in [0.1, 0.15) is 19.8 Å². The first kappa shape index (κ1) is 20.0. The minimum atomic E-state index is -0.374. The van der Waals surface area contributed by atoms with Crippen molar-refractivity contribution < 1.29 is 24.5 Å². The van der Waals surface area contributed by atoms with Crippen LogP contribution < -0.4 is 4.74 Å². The van der Waals surface area contributed by atoms with Crippen molar-refractivity contribution in [3.05, 3.63) is 54.6 Å². The van der Waals surface area contributed by atoms with E-state index in [1.165, 1.54) is 18.2 Å². The third-order valence-corrected chi connectivity index (χ3v) is 3.46. The van der Waals surface area contributed by atoms with Crippen molar-refractivity contribution in [1.29, 1.82) is 0 Å². The average Bonchev–Trinajstić information content (AvgIpc) is 2.64. The second-order valence-corrected chi connectivity index (χ2v) is 5.84. The number of benzene rings is 2. The highest BCUT2D eigenvalue weighted by Crippen LogP contribution is 2.31. The zero-order valence-electron chi connectivity index (χ0n) is 15.1. The number of ether oxygens (including phenoxy) is 2. The number of nitrogens with zero attached hydrogens (tertiary/aromatic N) is 2. The lowest BCUT2D eigenvalue weighted by atomic mass is 10.3. The lowest BCUT2D eigenvalue weighted by Gasteiger charge is -2.07. The summed E-state index contributed by atoms with van der Waals surface area (Å²) < 4.78 is 10.6. The van der Waals surface area contributed by atoms with Crippen LogP contribution >= 0.6 is 0 Å². The Hall–Kier alpha value is -3.35. The van der Waals surface area contributed by atoms with Crippen LogP contribution in [0.5, 0.6) is 17.2 Å². The maximum Gasteiger partial charge on any atom is 0.333 e. The maximum absolute atomic E-state index is 11.2. The zero-order chi connectivity index (χ0) is 19.6. The summed E-state index contributed by atoms with van der Waals surface area (Å²) in [5.41, 5.74) is 1.26. The lowest BCUT2D eigenvalue weighted by Crippen LogP contribution is -2.07. The summed E-state index contributed by atoms with van der Waals surface area (Å²) >= 11 is 0. The summed E-state index contributed by atoms with van der Waals surface area (Å²) in [7, 11) is 0. The summed E-state index contributed by atoms with van der Waals surface area (Å²) in [6.07, 6.45) is 1.46. The van der Waals surface area contributed by atoms with Crippen LogP contribution in [0.2, 0.25) is 0 Å². The maximum atomic E-state index is 11.2. The number of rotatable bonds is 9. The fourth-order valence-corrected chi connectivity index (χ4v) is 2.00. The minimum absolute atomic E-state index is 0.0399. The van der Waals surface area contributed by atoms with Crippen LogP contribution in [-0.2, 0) is 9.53 Å². The summed E-state index contributed by atoms with van der Waals surface area (Å²) in [5.74, 6) is 0.135. The van der Waals surface area contributed by atoms with Gasteiger partial charge in [0.1, 0.15) is 22.9 Å². The Morgan fingerprint density at radius 3 is 2.41 bits per heavy atom. The average molecular weight is 370 g/mol. The number of unbranched alkanes of at least 4 members (excludes halogenated alkanes) is 1. The van der Waals surface area contributed by atoms with E-state index < -0.39 is 0 Å². The van der Waals surface area contributed by atoms with E-state index in [0.717, 1.165) is 6.42 Å². The van der Waals surface area contributed by atoms with E-state index in [-0.39, 0.29) is 23.2 Å². The van der Waals surface area contributed by atoms with Gasteiger partial charge in [0.25, 0.3) is 0 Å². The van der Waals surface area contributed by atoms with Gasteiger partial charge in [-0.25, -0.2) is 4.79 Å². The molecule has 0 heterocycles. The molecule has 0 aliphatic heterocycles. The Labute approximate surface area is 157 Å². The molecule has 0 aliphatic carbocycles. The quantitative estimate of drug-likeness (QED) is 0.286. The van der Waals surface area contributed by atoms with Crippen LogP contribution in [0.25, 0.3) is 0 Å². The molecule has 0 radical (unpaired) electrons. The van der Waals surface area contributed by atoms with E-state index in [1.54, 1.807) is 31.2 Å². The van der Waals surface area contributed by atoms with Gasteiger partial charge in [0.2, 0.25) is 0 Å². The largest absolute Gasteiger partial charge is 0.508 e. The fourth-order valence-electron chi connectivity index (χ4n) is 2.00. The van der Waals surface area contributed by atoms with E-state index in [9.17, 15) is 15.0 Å². The Bertz CT molecular complexity index is 816. The zero-order valence-corrected chi connectivity index (χ0v) is 15.1. The van der Waals surface area contributed by atoms with E-state index in [1.807, 2.05) is 0 Å². The van der Waals surface area contributed by atoms with Crippen molar-refractivity contribution in [1.82, 2.24) is 0 Å². The van der Waals surface area contributed by atoms with Crippen molar-refractivity contribution >= 4 is 17.3 Å². The summed E-state index contributed by atoms with van der Waals surface area (Å²) in [6.45, 7) is 5.98. The van der Waals surface area contributed by atoms with E-state index in [2.05, 4.69) is 16.8 Å². The van der Waals surface area contributed by atoms with Gasteiger partial charge in [0.05, 0.1) is 18.9 Å². The minimum Gasteiger partial charge on any atom is -0.508 e. The molecule has 2 rings (SSSR count). The van der Waals surface area contributed by atoms with E-state index in [0.29, 0.717) is 36.6 Å². The smallest absolute Gasteiger partial charge is 0.333 e. The molecule has 0 saturated carbocycles. The molecular formula is C20H22N2O5. The molecule has 27 heavy (non-hydrogen) atoms. The van der Waals surface area contributed by atoms with Gasteiger partial charge in [-0.3, -0.25) is 0 Å². The first-order valence-corrected chi connectivity index (χ1v) is 8.45. The Balaban J connectivity index is 1.74. The molecule has 7 heteroatoms. The molecule has 0 unspecified atom stereocenters. The third-order valence-electron chi connectivity index (χ3n) is 3.46. The molecule has 0 aromatic heterocycles. The number of carbonyl (C=O) groups excluding carboxylic acids is 1. The van der Waals surface area contributed by atoms with Gasteiger partial charge in [-0.2, -0.15) is 5.11 Å². The second kappa shape index (κ2) is 9.96. The molecule has 0 atom stereocenters. The number of carbonyl (C=O) groups is 1. The normalized spacial score (nSPS) is 10.7. The topological polar surface area (TPSA) is 101 Å². The van der Waals surface area contributed by atoms with Gasteiger partial charge >= 0.3 is 5.97 Å². The van der Waals surface area contributed by atoms with E-state index >= 15 is 0 Å². The third kappa shape index (κ3) is 6.81. The number of azo groups is 1. The number of esters is 1. The van der Waals surface area contributed by atoms with Crippen LogP contribution in [0.3, 0.4) is 0 Å². The van der Waals surface area contributed by atoms with Gasteiger partial charge in [0, 0.05) is 11.6 Å². The molecule has 7 nitrogen and oxygen atoms in total. The molecule has 0 saturated heterocycles. The number of aromatic hydroxyl groups is 2. The van der Waals surface area contributed by atoms with Crippen LogP contribution in [0.15, 0.2) is 64.8 Å². The van der Waals surface area contributed by atoms with Crippen LogP contribution in [0, 0.1) is 0 Å². The monoisotopic (exact) mass is 370 g/mol. The number of hydrogen-bond acceptors (Lipinski definition) is 7. The summed E-state index contributed by atoms with van der Waals surface area (Å²) in [5, 5.41) is 26.9. The summed E-state index contributed by atoms with van der Waals surface area (Å²) in [6, 6.07) is 11.1. The predicted octanol–water partition coefficient (Wildman–Crippen LogP) is 4.79. The molecule has 0 fully saturated rings. The van der Waals surface area contributed by atoms with Crippen molar-refractivity contribution in [2.45, 2.75) is 19.8 Å². The van der Waals surface area contributed by atoms with Crippen molar-refractivity contribution in [2.75, 3.05) is 13.2 Å². The predicted molar refractivity (Wildman–Crippen MR) is 101 cm³/mol. The van der Waals surface area contributed by atoms with Gasteiger partial charge in [-0.1, -0.05) is 6.58 Å². The van der Waals surface area contributed by atoms with Crippen LogP contribution in [-0.4, -0.2) is 29.4 Å². The second-order valence-electron chi connectivity index (χ2n) is 5.84. The van der Waals surface area contributed by atoms with Crippen molar-refractivity contribution in [3.63, 3.8) is 0 Å². The van der Waals surface area contributed by atoms with Gasteiger partial charge in [-0.05, 0) is 56.2 Å². The number of hydrogen-bond donors (Lipinski definition) is 2. The molecular weight excluding hydrogens is 348 g/mol. The molecule has 2 N–H and O–H groups in total. The molecule has 142 valence electrons. The van der Waals surface area contributed by atoms with Crippen LogP contribution in [0.4, 0.5) is 11.4 Å². The first-order valence-electron chi connectivity index (χ1n) is 8.45. The highest BCUT2D eigenvalue weighted by Gasteiger charge is 2.03. The Kier molecular flexibility index (Phi) is 7.37.